The summed E-state index contributed by atoms with van der Waals surface area (Å²) in [5.41, 5.74) is 13.0. The summed E-state index contributed by atoms with van der Waals surface area (Å²) in [5.74, 6) is 0.0177. The van der Waals surface area contributed by atoms with Gasteiger partial charge < -0.3 is 31.0 Å². The molecule has 0 atom stereocenters. The fourth-order valence-electron chi connectivity index (χ4n) is 3.81. The Hall–Kier alpha value is -3.33. The van der Waals surface area contributed by atoms with Crippen LogP contribution in [0.15, 0.2) is 46.3 Å². The summed E-state index contributed by atoms with van der Waals surface area (Å²) in [6.07, 6.45) is 1.98. The first-order valence-corrected chi connectivity index (χ1v) is 10.8. The molecule has 1 fully saturated rings. The Labute approximate surface area is 183 Å². The summed E-state index contributed by atoms with van der Waals surface area (Å²) < 4.78 is 7.39. The van der Waals surface area contributed by atoms with Crippen molar-refractivity contribution in [1.82, 2.24) is 4.57 Å². The van der Waals surface area contributed by atoms with E-state index >= 15 is 0 Å². The van der Waals surface area contributed by atoms with E-state index in [0.29, 0.717) is 16.7 Å². The van der Waals surface area contributed by atoms with Crippen LogP contribution in [0, 0.1) is 0 Å². The van der Waals surface area contributed by atoms with Crippen LogP contribution in [0.2, 0.25) is 0 Å². The lowest BCUT2D eigenvalue weighted by molar-refractivity contribution is 0.0698. The third-order valence-electron chi connectivity index (χ3n) is 5.32. The van der Waals surface area contributed by atoms with Gasteiger partial charge in [0.25, 0.3) is 0 Å². The number of phenols is 1. The number of aromatic hydroxyl groups is 1. The van der Waals surface area contributed by atoms with Gasteiger partial charge in [0.05, 0.1) is 24.7 Å². The van der Waals surface area contributed by atoms with Crippen molar-refractivity contribution < 1.29 is 19.7 Å². The van der Waals surface area contributed by atoms with Crippen molar-refractivity contribution in [2.45, 2.75) is 36.1 Å². The Balaban J connectivity index is 1.86. The molecule has 0 aliphatic heterocycles. The molecule has 2 aromatic carbocycles. The average Bonchev–Trinajstić information content (AvgIpc) is 3.52. The van der Waals surface area contributed by atoms with Gasteiger partial charge in [-0.25, -0.2) is 9.79 Å². The van der Waals surface area contributed by atoms with Gasteiger partial charge in [0, 0.05) is 33.3 Å². The maximum Gasteiger partial charge on any atom is 0.338 e. The fourth-order valence-corrected chi connectivity index (χ4v) is 4.77. The summed E-state index contributed by atoms with van der Waals surface area (Å²) in [5, 5.41) is 21.1. The molecule has 0 radical (unpaired) electrons. The van der Waals surface area contributed by atoms with E-state index in [1.54, 1.807) is 31.0 Å². The predicted molar refractivity (Wildman–Crippen MR) is 121 cm³/mol. The minimum absolute atomic E-state index is 0.00291. The number of carboxylic acids is 1. The number of fused-ring (bicyclic) bond motifs is 1. The molecule has 3 aromatic rings. The van der Waals surface area contributed by atoms with Gasteiger partial charge >= 0.3 is 5.97 Å². The molecule has 1 saturated carbocycles. The summed E-state index contributed by atoms with van der Waals surface area (Å²) in [7, 11) is 1.61. The largest absolute Gasteiger partial charge is 0.508 e. The summed E-state index contributed by atoms with van der Waals surface area (Å²) in [6.45, 7) is 0.00291. The molecule has 0 saturated heterocycles. The number of rotatable bonds is 8. The smallest absolute Gasteiger partial charge is 0.338 e. The number of hydrogen-bond donors (Lipinski definition) is 4. The lowest BCUT2D eigenvalue weighted by atomic mass is 10.0. The highest BCUT2D eigenvalue weighted by molar-refractivity contribution is 7.98. The van der Waals surface area contributed by atoms with E-state index in [4.69, 9.17) is 16.2 Å². The zero-order chi connectivity index (χ0) is 22.1. The Morgan fingerprint density at radius 1 is 1.29 bits per heavy atom. The molecule has 0 bridgehead atoms. The van der Waals surface area contributed by atoms with Crippen molar-refractivity contribution in [3.63, 3.8) is 0 Å². The minimum atomic E-state index is -1.04. The van der Waals surface area contributed by atoms with Gasteiger partial charge in [0.2, 0.25) is 0 Å². The van der Waals surface area contributed by atoms with Crippen LogP contribution >= 0.6 is 11.8 Å². The van der Waals surface area contributed by atoms with Gasteiger partial charge in [-0.15, -0.1) is 11.8 Å². The predicted octanol–water partition coefficient (Wildman–Crippen LogP) is 3.45. The van der Waals surface area contributed by atoms with Gasteiger partial charge in [0.1, 0.15) is 11.5 Å². The van der Waals surface area contributed by atoms with E-state index < -0.39 is 5.97 Å². The Bertz CT molecular complexity index is 1180. The second kappa shape index (κ2) is 8.43. The number of nitrogens with zero attached hydrogens (tertiary/aromatic N) is 2. The number of phenolic OH excluding ortho intramolecular Hbond substituents is 1. The molecule has 1 aliphatic rings. The van der Waals surface area contributed by atoms with Crippen molar-refractivity contribution in [3.8, 4) is 11.5 Å². The topological polar surface area (TPSA) is 136 Å². The molecule has 0 unspecified atom stereocenters. The van der Waals surface area contributed by atoms with Gasteiger partial charge in [-0.1, -0.05) is 6.07 Å². The quantitative estimate of drug-likeness (QED) is 0.239. The van der Waals surface area contributed by atoms with Crippen molar-refractivity contribution in [2.75, 3.05) is 7.11 Å². The molecule has 0 amide bonds. The number of thioether (sulfide) groups is 1. The zero-order valence-electron chi connectivity index (χ0n) is 17.0. The lowest BCUT2D eigenvalue weighted by Gasteiger charge is -2.11. The highest BCUT2D eigenvalue weighted by Gasteiger charge is 2.33. The second-order valence-corrected chi connectivity index (χ2v) is 8.44. The highest BCUT2D eigenvalue weighted by atomic mass is 32.2. The third-order valence-corrected chi connectivity index (χ3v) is 6.32. The maximum atomic E-state index is 12.4. The molecule has 8 nitrogen and oxygen atoms in total. The zero-order valence-corrected chi connectivity index (χ0v) is 17.9. The van der Waals surface area contributed by atoms with Crippen molar-refractivity contribution in [1.29, 1.82) is 0 Å². The second-order valence-electron chi connectivity index (χ2n) is 7.39. The van der Waals surface area contributed by atoms with Crippen LogP contribution < -0.4 is 16.2 Å². The number of carboxylic acid groups (broad SMARTS) is 1. The molecule has 1 aliphatic carbocycles. The number of ether oxygens (including phenoxy) is 1. The monoisotopic (exact) mass is 440 g/mol. The van der Waals surface area contributed by atoms with E-state index in [9.17, 15) is 15.0 Å². The molecule has 6 N–H and O–H groups in total. The van der Waals surface area contributed by atoms with Gasteiger partial charge in [-0.3, -0.25) is 0 Å². The van der Waals surface area contributed by atoms with Crippen LogP contribution in [0.5, 0.6) is 11.5 Å². The van der Waals surface area contributed by atoms with Gasteiger partial charge in [0.15, 0.2) is 5.96 Å². The third kappa shape index (κ3) is 4.13. The number of nitrogens with two attached hydrogens (primary N) is 2. The molecule has 0 spiro atoms. The number of carbonyl (C=O) groups is 1. The molecule has 31 heavy (non-hydrogen) atoms. The first kappa shape index (κ1) is 20.9. The number of aromatic nitrogens is 1. The average molecular weight is 441 g/mol. The van der Waals surface area contributed by atoms with Crippen LogP contribution in [-0.2, 0) is 12.3 Å². The lowest BCUT2D eigenvalue weighted by Crippen LogP contribution is -2.22. The molecule has 162 valence electrons. The van der Waals surface area contributed by atoms with Crippen LogP contribution in [0.4, 0.5) is 0 Å². The Kier molecular flexibility index (Phi) is 5.69. The molecular formula is C22H24N4O4S. The summed E-state index contributed by atoms with van der Waals surface area (Å²) in [6, 6.07) is 11.3. The number of aliphatic imine (C=N–C) groups is 1. The number of aromatic carboxylic acids is 1. The molecule has 9 heteroatoms. The standard InChI is InChI=1S/C22H24N4O4S/c1-30-13-3-2-4-14(9-13)31-11-17-20(21(28)29)19-15(10-25-22(23)24)18(27)8-7-16(19)26(17)12-5-6-12/h2-4,7-9,12,27H,5-6,10-11H2,1H3,(H,28,29)(H4,23,24,25). The van der Waals surface area contributed by atoms with Crippen molar-refractivity contribution >= 4 is 34.6 Å². The highest BCUT2D eigenvalue weighted by Crippen LogP contribution is 2.45. The fraction of sp³-hybridized carbons (Fsp3) is 0.273. The van der Waals surface area contributed by atoms with Crippen molar-refractivity contribution in [3.05, 3.63) is 53.2 Å². The Morgan fingerprint density at radius 3 is 2.71 bits per heavy atom. The molecule has 1 aromatic heterocycles. The summed E-state index contributed by atoms with van der Waals surface area (Å²) >= 11 is 1.54. The normalized spacial score (nSPS) is 13.3. The first-order chi connectivity index (χ1) is 14.9. The van der Waals surface area contributed by atoms with Gasteiger partial charge in [-0.2, -0.15) is 0 Å². The SMILES string of the molecule is COc1cccc(SCc2c(C(=O)O)c3c(CN=C(N)N)c(O)ccc3n2C2CC2)c1. The maximum absolute atomic E-state index is 12.4. The van der Waals surface area contributed by atoms with Gasteiger partial charge in [-0.05, 0) is 43.2 Å². The summed E-state index contributed by atoms with van der Waals surface area (Å²) in [4.78, 5) is 17.4. The van der Waals surface area contributed by atoms with E-state index in [2.05, 4.69) is 9.56 Å². The van der Waals surface area contributed by atoms with Crippen LogP contribution in [-0.4, -0.2) is 33.8 Å². The number of methoxy groups -OCH3 is 1. The molecule has 4 rings (SSSR count). The van der Waals surface area contributed by atoms with E-state index in [1.807, 2.05) is 24.3 Å². The Morgan fingerprint density at radius 2 is 2.06 bits per heavy atom. The van der Waals surface area contributed by atoms with E-state index in [0.717, 1.165) is 34.7 Å². The first-order valence-electron chi connectivity index (χ1n) is 9.83. The number of hydrogen-bond acceptors (Lipinski definition) is 5. The number of guanidine groups is 1. The molecular weight excluding hydrogens is 416 g/mol. The van der Waals surface area contributed by atoms with E-state index in [1.165, 1.54) is 0 Å². The van der Waals surface area contributed by atoms with E-state index in [-0.39, 0.29) is 29.9 Å². The van der Waals surface area contributed by atoms with Crippen LogP contribution in [0.1, 0.15) is 40.5 Å². The van der Waals surface area contributed by atoms with Crippen molar-refractivity contribution in [2.24, 2.45) is 16.5 Å². The van der Waals surface area contributed by atoms with Crippen LogP contribution in [0.3, 0.4) is 0 Å². The number of benzene rings is 2. The van der Waals surface area contributed by atoms with Crippen LogP contribution in [0.25, 0.3) is 10.9 Å². The molecule has 1 heterocycles. The minimum Gasteiger partial charge on any atom is -0.508 e.